The Kier molecular flexibility index (Phi) is 42.2. The molecule has 0 heterocycles. The van der Waals surface area contributed by atoms with E-state index in [1.165, 1.54) is 96.3 Å². The van der Waals surface area contributed by atoms with Crippen molar-refractivity contribution in [2.24, 2.45) is 0 Å². The maximum absolute atomic E-state index is 13.1. The average Bonchev–Trinajstić information content (AvgIpc) is 3.19. The molecule has 3 atom stereocenters. The van der Waals surface area contributed by atoms with Crippen LogP contribution in [-0.4, -0.2) is 46.9 Å². The molecule has 0 spiro atoms. The van der Waals surface area contributed by atoms with Gasteiger partial charge in [0.05, 0.1) is 25.2 Å². The Bertz CT molecular complexity index is 972. The standard InChI is InChI=1S/C50H91NO5/c1-4-7-10-13-16-19-21-23-24-25-26-28-31-34-37-40-43-50(55)56-46(41-38-35-32-30-27-22-20-17-14-11-8-5-2)44-49(54)51-47(45-52)48(53)42-39-36-33-29-18-15-12-9-6-3/h8,11,17,20,24-26,28,46-48,52-53H,4-7,9-10,12-16,18-19,21-23,27,29-45H2,1-3H3,(H,51,54)/b11-8+,20-17+,25-24+,28-26+. The largest absolute Gasteiger partial charge is 0.462 e. The summed E-state index contributed by atoms with van der Waals surface area (Å²) in [5.74, 6) is -0.520. The fourth-order valence-corrected chi connectivity index (χ4v) is 7.05. The van der Waals surface area contributed by atoms with E-state index in [0.717, 1.165) is 89.9 Å². The van der Waals surface area contributed by atoms with Crippen molar-refractivity contribution >= 4 is 11.9 Å². The van der Waals surface area contributed by atoms with Gasteiger partial charge < -0.3 is 20.3 Å². The Morgan fingerprint density at radius 2 is 1.02 bits per heavy atom. The van der Waals surface area contributed by atoms with E-state index in [1.807, 2.05) is 0 Å². The highest BCUT2D eigenvalue weighted by Crippen LogP contribution is 2.17. The molecule has 0 saturated carbocycles. The quantitative estimate of drug-likeness (QED) is 0.0248. The van der Waals surface area contributed by atoms with Crippen molar-refractivity contribution in [2.45, 2.75) is 251 Å². The zero-order valence-electron chi connectivity index (χ0n) is 37.0. The smallest absolute Gasteiger partial charge is 0.306 e. The Morgan fingerprint density at radius 3 is 1.55 bits per heavy atom. The summed E-state index contributed by atoms with van der Waals surface area (Å²) < 4.78 is 5.89. The molecule has 6 heteroatoms. The van der Waals surface area contributed by atoms with Crippen molar-refractivity contribution in [3.63, 3.8) is 0 Å². The lowest BCUT2D eigenvalue weighted by molar-refractivity contribution is -0.151. The van der Waals surface area contributed by atoms with Crippen LogP contribution in [0.3, 0.4) is 0 Å². The minimum Gasteiger partial charge on any atom is -0.462 e. The van der Waals surface area contributed by atoms with Crippen molar-refractivity contribution in [2.75, 3.05) is 6.61 Å². The van der Waals surface area contributed by atoms with Gasteiger partial charge in [-0.15, -0.1) is 0 Å². The molecule has 0 aliphatic carbocycles. The van der Waals surface area contributed by atoms with Gasteiger partial charge in [-0.2, -0.15) is 0 Å². The number of esters is 1. The van der Waals surface area contributed by atoms with Crippen molar-refractivity contribution in [1.82, 2.24) is 5.32 Å². The summed E-state index contributed by atoms with van der Waals surface area (Å²) in [5.41, 5.74) is 0. The number of amides is 1. The SMILES string of the molecule is CC/C=C/C/C=C/CCCCCCCC(CC(=O)NC(CO)C(O)CCCCCCCCCCC)OC(=O)CCCCC/C=C/C=C/CCCCCCCCC. The van der Waals surface area contributed by atoms with E-state index in [4.69, 9.17) is 4.74 Å². The van der Waals surface area contributed by atoms with Crippen molar-refractivity contribution in [3.05, 3.63) is 48.6 Å². The van der Waals surface area contributed by atoms with E-state index in [-0.39, 0.29) is 24.9 Å². The van der Waals surface area contributed by atoms with E-state index in [0.29, 0.717) is 19.3 Å². The molecule has 0 fully saturated rings. The maximum atomic E-state index is 13.1. The van der Waals surface area contributed by atoms with Crippen molar-refractivity contribution in [1.29, 1.82) is 0 Å². The van der Waals surface area contributed by atoms with E-state index < -0.39 is 18.2 Å². The molecule has 0 saturated heterocycles. The normalized spacial score (nSPS) is 13.7. The number of carbonyl (C=O) groups is 2. The van der Waals surface area contributed by atoms with Crippen LogP contribution in [0.2, 0.25) is 0 Å². The van der Waals surface area contributed by atoms with Crippen LogP contribution < -0.4 is 5.32 Å². The minimum atomic E-state index is -0.794. The van der Waals surface area contributed by atoms with Crippen LogP contribution in [0.5, 0.6) is 0 Å². The van der Waals surface area contributed by atoms with Crippen LogP contribution in [0.1, 0.15) is 233 Å². The molecule has 0 bridgehead atoms. The third kappa shape index (κ3) is 38.7. The first kappa shape index (κ1) is 53.8. The summed E-state index contributed by atoms with van der Waals surface area (Å²) in [6.45, 7) is 6.33. The van der Waals surface area contributed by atoms with Gasteiger partial charge in [0, 0.05) is 6.42 Å². The predicted octanol–water partition coefficient (Wildman–Crippen LogP) is 13.9. The summed E-state index contributed by atoms with van der Waals surface area (Å²) in [7, 11) is 0. The van der Waals surface area contributed by atoms with Crippen molar-refractivity contribution < 1.29 is 24.5 Å². The van der Waals surface area contributed by atoms with Gasteiger partial charge in [0.25, 0.3) is 0 Å². The fraction of sp³-hybridized carbons (Fsp3) is 0.800. The summed E-state index contributed by atoms with van der Waals surface area (Å²) in [6.07, 6.45) is 51.7. The zero-order chi connectivity index (χ0) is 41.0. The number of carbonyl (C=O) groups excluding carboxylic acids is 2. The highest BCUT2D eigenvalue weighted by molar-refractivity contribution is 5.77. The van der Waals surface area contributed by atoms with Crippen LogP contribution in [0.15, 0.2) is 48.6 Å². The number of nitrogens with one attached hydrogen (secondary N) is 1. The summed E-state index contributed by atoms with van der Waals surface area (Å²) in [6, 6.07) is -0.709. The van der Waals surface area contributed by atoms with Crippen LogP contribution in [0.4, 0.5) is 0 Å². The van der Waals surface area contributed by atoms with Crippen LogP contribution in [0.25, 0.3) is 0 Å². The molecule has 56 heavy (non-hydrogen) atoms. The molecule has 0 rings (SSSR count). The Labute approximate surface area is 346 Å². The van der Waals surface area contributed by atoms with Crippen LogP contribution in [0, 0.1) is 0 Å². The molecule has 0 radical (unpaired) electrons. The molecule has 0 aromatic heterocycles. The minimum absolute atomic E-state index is 0.0571. The first-order valence-electron chi connectivity index (χ1n) is 23.9. The molecule has 0 aromatic rings. The second kappa shape index (κ2) is 43.9. The topological polar surface area (TPSA) is 95.9 Å². The molecular formula is C50H91NO5. The summed E-state index contributed by atoms with van der Waals surface area (Å²) >= 11 is 0. The Morgan fingerprint density at radius 1 is 0.554 bits per heavy atom. The summed E-state index contributed by atoms with van der Waals surface area (Å²) in [4.78, 5) is 26.0. The number of hydrogen-bond acceptors (Lipinski definition) is 5. The third-order valence-electron chi connectivity index (χ3n) is 10.7. The summed E-state index contributed by atoms with van der Waals surface area (Å²) in [5, 5.41) is 23.6. The molecule has 3 unspecified atom stereocenters. The molecule has 0 aliphatic heterocycles. The number of hydrogen-bond donors (Lipinski definition) is 3. The van der Waals surface area contributed by atoms with Gasteiger partial charge in [0.2, 0.25) is 5.91 Å². The van der Waals surface area contributed by atoms with Gasteiger partial charge in [-0.1, -0.05) is 191 Å². The first-order chi connectivity index (χ1) is 27.5. The van der Waals surface area contributed by atoms with Crippen LogP contribution in [-0.2, 0) is 14.3 Å². The number of rotatable bonds is 42. The number of allylic oxidation sites excluding steroid dienone is 8. The van der Waals surface area contributed by atoms with Gasteiger partial charge in [-0.3, -0.25) is 9.59 Å². The van der Waals surface area contributed by atoms with Gasteiger partial charge in [0.15, 0.2) is 0 Å². The second-order valence-electron chi connectivity index (χ2n) is 16.2. The third-order valence-corrected chi connectivity index (χ3v) is 10.7. The highest BCUT2D eigenvalue weighted by Gasteiger charge is 2.24. The van der Waals surface area contributed by atoms with E-state index in [9.17, 15) is 19.8 Å². The molecule has 326 valence electrons. The maximum Gasteiger partial charge on any atom is 0.306 e. The molecule has 1 amide bonds. The molecule has 3 N–H and O–H groups in total. The lowest BCUT2D eigenvalue weighted by Gasteiger charge is -2.24. The number of ether oxygens (including phenoxy) is 1. The number of aliphatic hydroxyl groups excluding tert-OH is 2. The first-order valence-corrected chi connectivity index (χ1v) is 23.9. The lowest BCUT2D eigenvalue weighted by atomic mass is 10.0. The predicted molar refractivity (Wildman–Crippen MR) is 241 cm³/mol. The lowest BCUT2D eigenvalue weighted by Crippen LogP contribution is -2.46. The highest BCUT2D eigenvalue weighted by atomic mass is 16.5. The molecular weight excluding hydrogens is 695 g/mol. The molecule has 6 nitrogen and oxygen atoms in total. The molecule has 0 aliphatic rings. The van der Waals surface area contributed by atoms with Gasteiger partial charge in [-0.05, 0) is 77.0 Å². The van der Waals surface area contributed by atoms with Gasteiger partial charge >= 0.3 is 5.97 Å². The number of aliphatic hydroxyl groups is 2. The van der Waals surface area contributed by atoms with Gasteiger partial charge in [-0.25, -0.2) is 0 Å². The van der Waals surface area contributed by atoms with Gasteiger partial charge in [0.1, 0.15) is 6.10 Å². The van der Waals surface area contributed by atoms with Crippen molar-refractivity contribution in [3.8, 4) is 0 Å². The Balaban J connectivity index is 4.63. The van der Waals surface area contributed by atoms with E-state index in [1.54, 1.807) is 0 Å². The number of unbranched alkanes of at least 4 members (excludes halogenated alkanes) is 23. The van der Waals surface area contributed by atoms with E-state index in [2.05, 4.69) is 74.7 Å². The second-order valence-corrected chi connectivity index (χ2v) is 16.2. The Hall–Kier alpha value is -2.18. The molecule has 0 aromatic carbocycles. The van der Waals surface area contributed by atoms with Crippen LogP contribution >= 0.6 is 0 Å². The fourth-order valence-electron chi connectivity index (χ4n) is 7.05. The monoisotopic (exact) mass is 786 g/mol. The van der Waals surface area contributed by atoms with E-state index >= 15 is 0 Å². The zero-order valence-corrected chi connectivity index (χ0v) is 37.0. The average molecular weight is 786 g/mol.